The summed E-state index contributed by atoms with van der Waals surface area (Å²) in [5, 5.41) is 11.3. The number of pyridine rings is 1. The maximum absolute atomic E-state index is 12.0. The zero-order chi connectivity index (χ0) is 25.9. The highest BCUT2D eigenvalue weighted by Gasteiger charge is 2.21. The molecule has 0 spiro atoms. The summed E-state index contributed by atoms with van der Waals surface area (Å²) in [5.41, 5.74) is 9.25. The van der Waals surface area contributed by atoms with Crippen LogP contribution in [0.3, 0.4) is 0 Å². The molecule has 1 unspecified atom stereocenters. The average Bonchev–Trinajstić information content (AvgIpc) is 2.91. The molecule has 2 heterocycles. The van der Waals surface area contributed by atoms with Gasteiger partial charge < -0.3 is 20.9 Å². The zero-order valence-corrected chi connectivity index (χ0v) is 20.7. The lowest BCUT2D eigenvalue weighted by molar-refractivity contribution is -0.129. The quantitative estimate of drug-likeness (QED) is 0.555. The van der Waals surface area contributed by atoms with E-state index in [1.165, 1.54) is 5.56 Å². The molecule has 2 amide bonds. The lowest BCUT2D eigenvalue weighted by Crippen LogP contribution is -2.48. The third kappa shape index (κ3) is 7.65. The van der Waals surface area contributed by atoms with Gasteiger partial charge in [-0.25, -0.2) is 4.98 Å². The first kappa shape index (κ1) is 26.4. The molecule has 1 aliphatic heterocycles. The number of rotatable bonds is 6. The molecule has 1 atom stereocenters. The van der Waals surface area contributed by atoms with E-state index in [-0.39, 0.29) is 11.8 Å². The first-order valence-electron chi connectivity index (χ1n) is 11.9. The second kappa shape index (κ2) is 13.0. The van der Waals surface area contributed by atoms with Crippen LogP contribution in [0.5, 0.6) is 0 Å². The molecule has 1 aliphatic rings. The highest BCUT2D eigenvalue weighted by molar-refractivity contribution is 5.91. The molecule has 8 nitrogen and oxygen atoms in total. The van der Waals surface area contributed by atoms with Gasteiger partial charge in [-0.05, 0) is 47.9 Å². The number of nitrogens with two attached hydrogens (primary N) is 1. The Labute approximate surface area is 212 Å². The molecule has 2 aromatic carbocycles. The van der Waals surface area contributed by atoms with Crippen LogP contribution in [0, 0.1) is 11.3 Å². The van der Waals surface area contributed by atoms with Crippen molar-refractivity contribution in [2.45, 2.75) is 19.3 Å². The lowest BCUT2D eigenvalue weighted by Gasteiger charge is -2.33. The van der Waals surface area contributed by atoms with Crippen LogP contribution < -0.4 is 16.0 Å². The Bertz CT molecular complexity index is 1170. The van der Waals surface area contributed by atoms with Gasteiger partial charge in [0.2, 0.25) is 11.8 Å². The molecule has 0 aliphatic carbocycles. The summed E-state index contributed by atoms with van der Waals surface area (Å²) in [4.78, 5) is 31.8. The Morgan fingerprint density at radius 3 is 2.42 bits per heavy atom. The highest BCUT2D eigenvalue weighted by atomic mass is 16.2. The normalized spacial score (nSPS) is 13.8. The largest absolute Gasteiger partial charge is 0.359 e. The molecule has 3 aromatic rings. The van der Waals surface area contributed by atoms with Gasteiger partial charge in [-0.3, -0.25) is 9.59 Å². The van der Waals surface area contributed by atoms with Crippen molar-refractivity contribution in [3.8, 4) is 6.07 Å². The number of nitrogens with zero attached hydrogens (tertiary/aromatic N) is 4. The monoisotopic (exact) mass is 484 g/mol. The molecular formula is C28H32N6O2. The van der Waals surface area contributed by atoms with Crippen LogP contribution in [0.25, 0.3) is 0 Å². The Morgan fingerprint density at radius 2 is 1.83 bits per heavy atom. The molecule has 1 aromatic heterocycles. The van der Waals surface area contributed by atoms with Crippen LogP contribution in [0.1, 0.15) is 29.5 Å². The van der Waals surface area contributed by atoms with E-state index < -0.39 is 0 Å². The molecule has 186 valence electrons. The average molecular weight is 485 g/mol. The molecule has 0 saturated carbocycles. The fourth-order valence-electron chi connectivity index (χ4n) is 3.62. The predicted octanol–water partition coefficient (Wildman–Crippen LogP) is 3.16. The molecule has 1 fully saturated rings. The number of likely N-dealkylation sites (N-methyl/N-ethyl adjacent to an activating group) is 1. The summed E-state index contributed by atoms with van der Waals surface area (Å²) >= 11 is 0. The molecule has 3 N–H and O–H groups in total. The van der Waals surface area contributed by atoms with Crippen molar-refractivity contribution in [1.82, 2.24) is 9.88 Å². The first-order valence-corrected chi connectivity index (χ1v) is 11.9. The third-order valence-corrected chi connectivity index (χ3v) is 6.01. The van der Waals surface area contributed by atoms with E-state index in [1.807, 2.05) is 72.6 Å². The van der Waals surface area contributed by atoms with Crippen molar-refractivity contribution in [2.24, 2.45) is 5.73 Å². The van der Waals surface area contributed by atoms with Crippen molar-refractivity contribution in [3.05, 3.63) is 89.6 Å². The standard InChI is InChI=1S/C18H20N4O2.C10H12N2/c1-21-9-10-22(13-18(21)24)15-7-8-16(19-12-15)20-17(23)11-14-5-3-2-4-6-14;1-8(6-11)10-4-2-9(7-12)3-5-10/h2-8,12H,9-11,13H2,1H3,(H,19,20,23);2-5,8H,6,11H2,1H3. The maximum atomic E-state index is 12.0. The number of hydrogen-bond donors (Lipinski definition) is 2. The minimum absolute atomic E-state index is 0.0986. The zero-order valence-electron chi connectivity index (χ0n) is 20.7. The summed E-state index contributed by atoms with van der Waals surface area (Å²) < 4.78 is 0. The van der Waals surface area contributed by atoms with Crippen molar-refractivity contribution in [3.63, 3.8) is 0 Å². The van der Waals surface area contributed by atoms with Crippen LogP contribution in [-0.2, 0) is 16.0 Å². The number of anilines is 2. The lowest BCUT2D eigenvalue weighted by atomic mass is 10.0. The number of carbonyl (C=O) groups is 2. The van der Waals surface area contributed by atoms with E-state index in [2.05, 4.69) is 23.3 Å². The van der Waals surface area contributed by atoms with Gasteiger partial charge in [-0.1, -0.05) is 49.4 Å². The summed E-state index contributed by atoms with van der Waals surface area (Å²) in [6.07, 6.45) is 2.01. The Kier molecular flexibility index (Phi) is 9.55. The third-order valence-electron chi connectivity index (χ3n) is 6.01. The predicted molar refractivity (Wildman–Crippen MR) is 141 cm³/mol. The number of piperazine rings is 1. The van der Waals surface area contributed by atoms with Gasteiger partial charge in [0.25, 0.3) is 0 Å². The molecule has 0 bridgehead atoms. The fourth-order valence-corrected chi connectivity index (χ4v) is 3.62. The van der Waals surface area contributed by atoms with E-state index >= 15 is 0 Å². The van der Waals surface area contributed by atoms with Crippen molar-refractivity contribution in [1.29, 1.82) is 5.26 Å². The van der Waals surface area contributed by atoms with Gasteiger partial charge in [-0.2, -0.15) is 5.26 Å². The van der Waals surface area contributed by atoms with Gasteiger partial charge in [0.15, 0.2) is 0 Å². The molecule has 8 heteroatoms. The maximum Gasteiger partial charge on any atom is 0.241 e. The Balaban J connectivity index is 0.000000253. The summed E-state index contributed by atoms with van der Waals surface area (Å²) in [6, 6.07) is 22.8. The molecule has 4 rings (SSSR count). The van der Waals surface area contributed by atoms with Crippen molar-refractivity contribution >= 4 is 23.3 Å². The van der Waals surface area contributed by atoms with E-state index in [0.717, 1.165) is 17.8 Å². The van der Waals surface area contributed by atoms with Crippen molar-refractivity contribution < 1.29 is 9.59 Å². The second-order valence-corrected chi connectivity index (χ2v) is 8.72. The number of hydrogen-bond acceptors (Lipinski definition) is 6. The van der Waals surface area contributed by atoms with Crippen LogP contribution >= 0.6 is 0 Å². The topological polar surface area (TPSA) is 115 Å². The second-order valence-electron chi connectivity index (χ2n) is 8.72. The van der Waals surface area contributed by atoms with E-state index in [4.69, 9.17) is 11.0 Å². The van der Waals surface area contributed by atoms with E-state index in [9.17, 15) is 9.59 Å². The van der Waals surface area contributed by atoms with Gasteiger partial charge in [-0.15, -0.1) is 0 Å². The number of carbonyl (C=O) groups excluding carboxylic acids is 2. The molecule has 0 radical (unpaired) electrons. The number of amides is 2. The Morgan fingerprint density at radius 1 is 1.11 bits per heavy atom. The number of nitrogens with one attached hydrogen (secondary N) is 1. The van der Waals surface area contributed by atoms with Crippen LogP contribution in [0.2, 0.25) is 0 Å². The van der Waals surface area contributed by atoms with Gasteiger partial charge in [0.1, 0.15) is 5.82 Å². The SMILES string of the molecule is CC(CN)c1ccc(C#N)cc1.CN1CCN(c2ccc(NC(=O)Cc3ccccc3)nc2)CC1=O. The molecular weight excluding hydrogens is 452 g/mol. The minimum atomic E-state index is -0.101. The number of aromatic nitrogens is 1. The summed E-state index contributed by atoms with van der Waals surface area (Å²) in [5.74, 6) is 0.885. The minimum Gasteiger partial charge on any atom is -0.359 e. The smallest absolute Gasteiger partial charge is 0.241 e. The Hall–Kier alpha value is -4.22. The summed E-state index contributed by atoms with van der Waals surface area (Å²) in [7, 11) is 1.81. The summed E-state index contributed by atoms with van der Waals surface area (Å²) in [6.45, 7) is 4.56. The van der Waals surface area contributed by atoms with E-state index in [1.54, 1.807) is 17.2 Å². The van der Waals surface area contributed by atoms with Crippen LogP contribution in [0.15, 0.2) is 72.9 Å². The van der Waals surface area contributed by atoms with Crippen LogP contribution in [0.4, 0.5) is 11.5 Å². The number of nitriles is 1. The van der Waals surface area contributed by atoms with E-state index in [0.29, 0.717) is 43.4 Å². The fraction of sp³-hybridized carbons (Fsp3) is 0.286. The highest BCUT2D eigenvalue weighted by Crippen LogP contribution is 2.17. The van der Waals surface area contributed by atoms with Gasteiger partial charge in [0.05, 0.1) is 36.5 Å². The molecule has 36 heavy (non-hydrogen) atoms. The molecule has 1 saturated heterocycles. The van der Waals surface area contributed by atoms with Gasteiger partial charge >= 0.3 is 0 Å². The van der Waals surface area contributed by atoms with Crippen molar-refractivity contribution in [2.75, 3.05) is 43.4 Å². The first-order chi connectivity index (χ1) is 17.4. The van der Waals surface area contributed by atoms with Crippen LogP contribution in [-0.4, -0.2) is 54.9 Å². The number of benzene rings is 2. The van der Waals surface area contributed by atoms with Gasteiger partial charge in [0, 0.05) is 20.1 Å².